The van der Waals surface area contributed by atoms with Crippen LogP contribution in [0, 0.1) is 0 Å². The first-order valence-corrected chi connectivity index (χ1v) is 9.15. The number of methoxy groups -OCH3 is 1. The molecule has 3 aromatic rings. The van der Waals surface area contributed by atoms with Crippen molar-refractivity contribution in [3.63, 3.8) is 0 Å². The number of hydrogen-bond donors (Lipinski definition) is 2. The average Bonchev–Trinajstić information content (AvgIpc) is 3.38. The van der Waals surface area contributed by atoms with Crippen molar-refractivity contribution in [2.45, 2.75) is 12.6 Å². The molecule has 2 aromatic heterocycles. The Balaban J connectivity index is 1.83. The van der Waals surface area contributed by atoms with Gasteiger partial charge in [-0.15, -0.1) is 0 Å². The maximum atomic E-state index is 13.1. The number of carbonyl (C=O) groups excluding carboxylic acids is 2. The lowest BCUT2D eigenvalue weighted by Gasteiger charge is -2.26. The number of ketones is 1. The number of pyridine rings is 1. The summed E-state index contributed by atoms with van der Waals surface area (Å²) in [7, 11) is 1.40. The predicted molar refractivity (Wildman–Crippen MR) is 104 cm³/mol. The van der Waals surface area contributed by atoms with Gasteiger partial charge in [0.2, 0.25) is 5.78 Å². The summed E-state index contributed by atoms with van der Waals surface area (Å²) in [5.41, 5.74) is 1.18. The van der Waals surface area contributed by atoms with Crippen LogP contribution in [0.25, 0.3) is 0 Å². The number of aliphatic hydroxyl groups is 1. The van der Waals surface area contributed by atoms with Gasteiger partial charge in [-0.1, -0.05) is 6.07 Å². The van der Waals surface area contributed by atoms with Crippen molar-refractivity contribution >= 4 is 11.7 Å². The van der Waals surface area contributed by atoms with Crippen LogP contribution in [0.4, 0.5) is 0 Å². The van der Waals surface area contributed by atoms with E-state index in [0.29, 0.717) is 5.56 Å². The standard InChI is InChI=1S/C22H18N2O6/c1-29-17-10-14(6-7-15(17)25)19-18(20(26)16-5-3-9-30-16)21(27)22(28)24(19)12-13-4-2-8-23-11-13/h2-11,19,25,27H,12H2,1H3/p+1. The third kappa shape index (κ3) is 3.28. The van der Waals surface area contributed by atoms with Crippen LogP contribution in [0.2, 0.25) is 0 Å². The van der Waals surface area contributed by atoms with E-state index >= 15 is 0 Å². The number of ether oxygens (including phenoxy) is 1. The number of aliphatic hydroxyl groups excluding tert-OH is 1. The molecule has 8 nitrogen and oxygen atoms in total. The molecule has 0 saturated heterocycles. The number of benzene rings is 1. The lowest BCUT2D eigenvalue weighted by Crippen LogP contribution is -2.31. The molecular weight excluding hydrogens is 388 g/mol. The summed E-state index contributed by atoms with van der Waals surface area (Å²) in [6.07, 6.45) is 4.81. The van der Waals surface area contributed by atoms with Crippen molar-refractivity contribution < 1.29 is 33.9 Å². The zero-order valence-electron chi connectivity index (χ0n) is 16.0. The molecule has 1 aromatic carbocycles. The number of hydrogen-bond acceptors (Lipinski definition) is 6. The Kier molecular flexibility index (Phi) is 4.97. The monoisotopic (exact) mass is 407 g/mol. The number of rotatable bonds is 6. The maximum absolute atomic E-state index is 13.1. The Morgan fingerprint density at radius 1 is 1.23 bits per heavy atom. The fourth-order valence-corrected chi connectivity index (χ4v) is 3.53. The van der Waals surface area contributed by atoms with Crippen LogP contribution in [0.15, 0.2) is 76.9 Å². The number of phenols is 1. The van der Waals surface area contributed by atoms with Gasteiger partial charge in [-0.2, -0.15) is 0 Å². The van der Waals surface area contributed by atoms with Gasteiger partial charge in [0.25, 0.3) is 5.91 Å². The molecule has 1 aliphatic heterocycles. The van der Waals surface area contributed by atoms with Crippen LogP contribution in [0.5, 0.6) is 11.5 Å². The van der Waals surface area contributed by atoms with Crippen LogP contribution < -0.4 is 9.72 Å². The molecule has 0 fully saturated rings. The Bertz CT molecular complexity index is 1120. The highest BCUT2D eigenvalue weighted by Crippen LogP contribution is 2.42. The molecule has 1 atom stereocenters. The highest BCUT2D eigenvalue weighted by Gasteiger charge is 2.44. The van der Waals surface area contributed by atoms with E-state index in [4.69, 9.17) is 9.15 Å². The van der Waals surface area contributed by atoms with Gasteiger partial charge in [0.05, 0.1) is 31.5 Å². The van der Waals surface area contributed by atoms with E-state index in [9.17, 15) is 19.8 Å². The smallest absolute Gasteiger partial charge is 0.290 e. The number of aromatic amines is 1. The second-order valence-corrected chi connectivity index (χ2v) is 6.75. The van der Waals surface area contributed by atoms with E-state index in [1.165, 1.54) is 36.5 Å². The second kappa shape index (κ2) is 7.75. The van der Waals surface area contributed by atoms with Gasteiger partial charge < -0.3 is 24.3 Å². The van der Waals surface area contributed by atoms with Gasteiger partial charge in [0.15, 0.2) is 35.4 Å². The van der Waals surface area contributed by atoms with E-state index in [2.05, 4.69) is 4.98 Å². The Hall–Kier alpha value is -4.07. The number of carbonyl (C=O) groups is 2. The third-order valence-corrected chi connectivity index (χ3v) is 4.94. The molecule has 0 spiro atoms. The first kappa shape index (κ1) is 19.3. The summed E-state index contributed by atoms with van der Waals surface area (Å²) in [6, 6.07) is 10.3. The van der Waals surface area contributed by atoms with Crippen molar-refractivity contribution in [1.82, 2.24) is 4.90 Å². The van der Waals surface area contributed by atoms with E-state index in [-0.39, 0.29) is 29.4 Å². The first-order valence-electron chi connectivity index (χ1n) is 9.15. The van der Waals surface area contributed by atoms with Crippen molar-refractivity contribution in [1.29, 1.82) is 0 Å². The number of aromatic nitrogens is 1. The Morgan fingerprint density at radius 2 is 2.07 bits per heavy atom. The number of aromatic hydroxyl groups is 1. The lowest BCUT2D eigenvalue weighted by molar-refractivity contribution is -0.378. The number of nitrogens with one attached hydrogen (secondary N) is 1. The van der Waals surface area contributed by atoms with Crippen molar-refractivity contribution in [2.24, 2.45) is 0 Å². The minimum Gasteiger partial charge on any atom is -0.504 e. The lowest BCUT2D eigenvalue weighted by atomic mass is 9.94. The van der Waals surface area contributed by atoms with Gasteiger partial charge >= 0.3 is 0 Å². The number of Topliss-reactive ketones (excluding diaryl/α,β-unsaturated/α-hetero) is 1. The molecule has 8 heteroatoms. The normalized spacial score (nSPS) is 16.2. The molecule has 1 unspecified atom stereocenters. The Labute approximate surface area is 171 Å². The summed E-state index contributed by atoms with van der Waals surface area (Å²) in [5.74, 6) is -1.79. The fourth-order valence-electron chi connectivity index (χ4n) is 3.53. The van der Waals surface area contributed by atoms with E-state index < -0.39 is 23.5 Å². The predicted octanol–water partition coefficient (Wildman–Crippen LogP) is 2.59. The summed E-state index contributed by atoms with van der Waals surface area (Å²) in [5, 5.41) is 20.6. The number of furan rings is 1. The van der Waals surface area contributed by atoms with Crippen LogP contribution in [-0.2, 0) is 11.3 Å². The second-order valence-electron chi connectivity index (χ2n) is 6.75. The van der Waals surface area contributed by atoms with Crippen molar-refractivity contribution in [3.8, 4) is 11.5 Å². The average molecular weight is 407 g/mol. The number of phenolic OH excluding ortho intramolecular Hbond substituents is 1. The molecule has 0 bridgehead atoms. The molecule has 3 heterocycles. The molecular formula is C22H19N2O6+. The third-order valence-electron chi connectivity index (χ3n) is 4.94. The molecule has 0 aliphatic carbocycles. The number of amides is 1. The van der Waals surface area contributed by atoms with Crippen LogP contribution in [0.3, 0.4) is 0 Å². The minimum atomic E-state index is -0.898. The molecule has 0 saturated carbocycles. The fraction of sp³-hybridized carbons (Fsp3) is 0.136. The summed E-state index contributed by atoms with van der Waals surface area (Å²) >= 11 is 0. The molecule has 0 radical (unpaired) electrons. The number of H-pyrrole nitrogens is 1. The Morgan fingerprint density at radius 3 is 2.73 bits per heavy atom. The molecule has 30 heavy (non-hydrogen) atoms. The largest absolute Gasteiger partial charge is 0.504 e. The topological polar surface area (TPSA) is 114 Å². The maximum Gasteiger partial charge on any atom is 0.290 e. The molecule has 1 amide bonds. The number of nitrogens with zero attached hydrogens (tertiary/aromatic N) is 1. The highest BCUT2D eigenvalue weighted by atomic mass is 16.5. The summed E-state index contributed by atoms with van der Waals surface area (Å²) in [6.45, 7) is 0.142. The van der Waals surface area contributed by atoms with E-state index in [1.807, 2.05) is 6.07 Å². The van der Waals surface area contributed by atoms with Crippen LogP contribution in [-0.4, -0.2) is 33.9 Å². The molecule has 1 aliphatic rings. The van der Waals surface area contributed by atoms with Gasteiger partial charge in [0, 0.05) is 11.6 Å². The van der Waals surface area contributed by atoms with Gasteiger partial charge in [-0.05, 0) is 35.9 Å². The molecule has 4 rings (SSSR count). The minimum absolute atomic E-state index is 0.00925. The van der Waals surface area contributed by atoms with Gasteiger partial charge in [0.1, 0.15) is 0 Å². The van der Waals surface area contributed by atoms with Gasteiger partial charge in [-0.3, -0.25) is 9.59 Å². The van der Waals surface area contributed by atoms with Gasteiger partial charge in [-0.25, -0.2) is 4.98 Å². The van der Waals surface area contributed by atoms with E-state index in [0.717, 1.165) is 5.56 Å². The van der Waals surface area contributed by atoms with Crippen LogP contribution in [0.1, 0.15) is 27.7 Å². The zero-order valence-corrected chi connectivity index (χ0v) is 16.0. The van der Waals surface area contributed by atoms with Crippen LogP contribution >= 0.6 is 0 Å². The van der Waals surface area contributed by atoms with Crippen molar-refractivity contribution in [3.05, 3.63) is 89.3 Å². The quantitative estimate of drug-likeness (QED) is 0.607. The summed E-state index contributed by atoms with van der Waals surface area (Å²) < 4.78 is 10.4. The highest BCUT2D eigenvalue weighted by molar-refractivity contribution is 6.15. The zero-order chi connectivity index (χ0) is 21.3. The summed E-state index contributed by atoms with van der Waals surface area (Å²) in [4.78, 5) is 30.4. The van der Waals surface area contributed by atoms with E-state index in [1.54, 1.807) is 30.6 Å². The first-order chi connectivity index (χ1) is 14.5. The molecule has 3 N–H and O–H groups in total. The van der Waals surface area contributed by atoms with Crippen molar-refractivity contribution in [2.75, 3.05) is 7.11 Å². The molecule has 152 valence electrons. The SMILES string of the molecule is COc1cc(C2C(C(=O)c3ccco3)=C(O)C(=O)N2Cc2ccc[nH+]c2)ccc1O.